The molecular formula is C16H17BrN2O2. The summed E-state index contributed by atoms with van der Waals surface area (Å²) < 4.78 is 5.84. The van der Waals surface area contributed by atoms with E-state index in [1.54, 1.807) is 25.3 Å². The molecule has 2 aromatic carbocycles. The van der Waals surface area contributed by atoms with Crippen molar-refractivity contribution in [3.05, 3.63) is 58.1 Å². The fourth-order valence-corrected chi connectivity index (χ4v) is 2.39. The quantitative estimate of drug-likeness (QED) is 0.830. The van der Waals surface area contributed by atoms with Crippen LogP contribution in [0.2, 0.25) is 0 Å². The highest BCUT2D eigenvalue weighted by atomic mass is 79.9. The second-order valence-electron chi connectivity index (χ2n) is 4.71. The van der Waals surface area contributed by atoms with Crippen LogP contribution in [-0.2, 0) is 0 Å². The van der Waals surface area contributed by atoms with Crippen molar-refractivity contribution in [1.29, 1.82) is 0 Å². The fraction of sp³-hybridized carbons (Fsp3) is 0.188. The van der Waals surface area contributed by atoms with Gasteiger partial charge >= 0.3 is 0 Å². The molecule has 0 saturated heterocycles. The molecule has 0 saturated carbocycles. The topological polar surface area (TPSA) is 64.3 Å². The molecule has 0 radical (unpaired) electrons. The lowest BCUT2D eigenvalue weighted by atomic mass is 10.1. The van der Waals surface area contributed by atoms with Crippen molar-refractivity contribution in [3.8, 4) is 5.75 Å². The van der Waals surface area contributed by atoms with Crippen molar-refractivity contribution < 1.29 is 9.53 Å². The maximum Gasteiger partial charge on any atom is 0.252 e. The maximum absolute atomic E-state index is 12.3. The first kappa shape index (κ1) is 15.4. The van der Waals surface area contributed by atoms with Gasteiger partial charge in [-0.25, -0.2) is 0 Å². The van der Waals surface area contributed by atoms with Gasteiger partial charge in [0, 0.05) is 10.2 Å². The molecule has 110 valence electrons. The Labute approximate surface area is 132 Å². The third kappa shape index (κ3) is 3.76. The zero-order valence-electron chi connectivity index (χ0n) is 11.9. The van der Waals surface area contributed by atoms with Gasteiger partial charge in [0.15, 0.2) is 0 Å². The van der Waals surface area contributed by atoms with E-state index in [0.29, 0.717) is 11.3 Å². The molecule has 0 bridgehead atoms. The molecule has 5 heteroatoms. The lowest BCUT2D eigenvalue weighted by Crippen LogP contribution is -2.27. The van der Waals surface area contributed by atoms with E-state index >= 15 is 0 Å². The van der Waals surface area contributed by atoms with Crippen LogP contribution in [0.1, 0.15) is 28.9 Å². The summed E-state index contributed by atoms with van der Waals surface area (Å²) in [7, 11) is 1.62. The molecule has 3 N–H and O–H groups in total. The molecule has 2 rings (SSSR count). The van der Waals surface area contributed by atoms with Crippen molar-refractivity contribution in [3.63, 3.8) is 0 Å². The summed E-state index contributed by atoms with van der Waals surface area (Å²) >= 11 is 3.36. The normalized spacial score (nSPS) is 11.8. The molecule has 0 aliphatic rings. The van der Waals surface area contributed by atoms with Gasteiger partial charge in [-0.15, -0.1) is 0 Å². The summed E-state index contributed by atoms with van der Waals surface area (Å²) in [4.78, 5) is 12.3. The first-order valence-electron chi connectivity index (χ1n) is 6.51. The fourth-order valence-electron chi connectivity index (χ4n) is 1.97. The Morgan fingerprint density at radius 1 is 1.24 bits per heavy atom. The molecule has 0 heterocycles. The summed E-state index contributed by atoms with van der Waals surface area (Å²) in [5.41, 5.74) is 7.81. The zero-order valence-corrected chi connectivity index (χ0v) is 13.5. The monoisotopic (exact) mass is 348 g/mol. The van der Waals surface area contributed by atoms with E-state index in [1.807, 2.05) is 31.2 Å². The summed E-state index contributed by atoms with van der Waals surface area (Å²) in [5, 5.41) is 2.95. The van der Waals surface area contributed by atoms with E-state index in [0.717, 1.165) is 15.8 Å². The maximum atomic E-state index is 12.3. The van der Waals surface area contributed by atoms with Crippen LogP contribution in [0.3, 0.4) is 0 Å². The number of rotatable bonds is 4. The first-order chi connectivity index (χ1) is 10.0. The molecule has 0 aromatic heterocycles. The minimum Gasteiger partial charge on any atom is -0.497 e. The highest BCUT2D eigenvalue weighted by Gasteiger charge is 2.14. The molecule has 2 aromatic rings. The van der Waals surface area contributed by atoms with E-state index in [2.05, 4.69) is 21.2 Å². The number of halogens is 1. The molecule has 0 aliphatic carbocycles. The van der Waals surface area contributed by atoms with Gasteiger partial charge in [-0.05, 0) is 58.7 Å². The third-order valence-electron chi connectivity index (χ3n) is 3.20. The van der Waals surface area contributed by atoms with E-state index < -0.39 is 0 Å². The second-order valence-corrected chi connectivity index (χ2v) is 5.56. The van der Waals surface area contributed by atoms with E-state index in [4.69, 9.17) is 10.5 Å². The van der Waals surface area contributed by atoms with Gasteiger partial charge in [-0.3, -0.25) is 4.79 Å². The highest BCUT2D eigenvalue weighted by Crippen LogP contribution is 2.22. The Morgan fingerprint density at radius 2 is 1.90 bits per heavy atom. The number of hydrogen-bond donors (Lipinski definition) is 2. The van der Waals surface area contributed by atoms with Crippen molar-refractivity contribution in [2.45, 2.75) is 13.0 Å². The minimum absolute atomic E-state index is 0.114. The van der Waals surface area contributed by atoms with Crippen LogP contribution in [-0.4, -0.2) is 13.0 Å². The molecule has 0 fully saturated rings. The average Bonchev–Trinajstić information content (AvgIpc) is 2.49. The Bertz CT molecular complexity index is 641. The Kier molecular flexibility index (Phi) is 4.85. The first-order valence-corrected chi connectivity index (χ1v) is 7.30. The minimum atomic E-state index is -0.169. The predicted molar refractivity (Wildman–Crippen MR) is 87.4 cm³/mol. The molecule has 1 amide bonds. The van der Waals surface area contributed by atoms with Crippen molar-refractivity contribution in [1.82, 2.24) is 5.32 Å². The molecule has 1 atom stereocenters. The number of anilines is 1. The standard InChI is InChI=1S/C16H17BrN2O2/c1-10(11-3-6-13(21-2)7-4-11)19-16(20)14-9-12(18)5-8-15(14)17/h3-10H,18H2,1-2H3,(H,19,20)/t10-/m1/s1. The summed E-state index contributed by atoms with van der Waals surface area (Å²) in [6.07, 6.45) is 0. The molecule has 4 nitrogen and oxygen atoms in total. The van der Waals surface area contributed by atoms with Gasteiger partial charge in [0.05, 0.1) is 18.7 Å². The number of methoxy groups -OCH3 is 1. The number of nitrogen functional groups attached to an aromatic ring is 1. The Balaban J connectivity index is 2.12. The zero-order chi connectivity index (χ0) is 15.4. The van der Waals surface area contributed by atoms with Crippen LogP contribution in [0.25, 0.3) is 0 Å². The lowest BCUT2D eigenvalue weighted by molar-refractivity contribution is 0.0939. The number of ether oxygens (including phenoxy) is 1. The number of carbonyl (C=O) groups is 1. The lowest BCUT2D eigenvalue weighted by Gasteiger charge is -2.15. The number of hydrogen-bond acceptors (Lipinski definition) is 3. The molecular weight excluding hydrogens is 332 g/mol. The van der Waals surface area contributed by atoms with Crippen LogP contribution < -0.4 is 15.8 Å². The van der Waals surface area contributed by atoms with E-state index in [-0.39, 0.29) is 11.9 Å². The second kappa shape index (κ2) is 6.63. The largest absolute Gasteiger partial charge is 0.497 e. The SMILES string of the molecule is COc1ccc([C@@H](C)NC(=O)c2cc(N)ccc2Br)cc1. The van der Waals surface area contributed by atoms with Gasteiger partial charge < -0.3 is 15.8 Å². The van der Waals surface area contributed by atoms with Gasteiger partial charge in [0.2, 0.25) is 0 Å². The van der Waals surface area contributed by atoms with Crippen LogP contribution >= 0.6 is 15.9 Å². The Hall–Kier alpha value is -2.01. The van der Waals surface area contributed by atoms with E-state index in [9.17, 15) is 4.79 Å². The van der Waals surface area contributed by atoms with Crippen molar-refractivity contribution in [2.24, 2.45) is 0 Å². The molecule has 21 heavy (non-hydrogen) atoms. The number of nitrogens with two attached hydrogens (primary N) is 1. The Morgan fingerprint density at radius 3 is 2.52 bits per heavy atom. The third-order valence-corrected chi connectivity index (χ3v) is 3.89. The molecule has 0 unspecified atom stereocenters. The predicted octanol–water partition coefficient (Wildman–Crippen LogP) is 3.53. The average molecular weight is 349 g/mol. The van der Waals surface area contributed by atoms with Crippen LogP contribution in [0, 0.1) is 0 Å². The summed E-state index contributed by atoms with van der Waals surface area (Å²) in [6, 6.07) is 12.6. The van der Waals surface area contributed by atoms with Gasteiger partial charge in [-0.1, -0.05) is 12.1 Å². The van der Waals surface area contributed by atoms with E-state index in [1.165, 1.54) is 0 Å². The van der Waals surface area contributed by atoms with Crippen molar-refractivity contribution in [2.75, 3.05) is 12.8 Å². The smallest absolute Gasteiger partial charge is 0.252 e. The van der Waals surface area contributed by atoms with Crippen LogP contribution in [0.15, 0.2) is 46.9 Å². The molecule has 0 spiro atoms. The van der Waals surface area contributed by atoms with Crippen molar-refractivity contribution >= 4 is 27.5 Å². The number of benzene rings is 2. The number of carbonyl (C=O) groups excluding carboxylic acids is 1. The van der Waals surface area contributed by atoms with Crippen LogP contribution in [0.5, 0.6) is 5.75 Å². The number of nitrogens with one attached hydrogen (secondary N) is 1. The van der Waals surface area contributed by atoms with Gasteiger partial charge in [0.25, 0.3) is 5.91 Å². The van der Waals surface area contributed by atoms with Gasteiger partial charge in [-0.2, -0.15) is 0 Å². The molecule has 0 aliphatic heterocycles. The van der Waals surface area contributed by atoms with Gasteiger partial charge in [0.1, 0.15) is 5.75 Å². The summed E-state index contributed by atoms with van der Waals surface area (Å²) in [6.45, 7) is 1.93. The summed E-state index contributed by atoms with van der Waals surface area (Å²) in [5.74, 6) is 0.619. The van der Waals surface area contributed by atoms with Crippen LogP contribution in [0.4, 0.5) is 5.69 Å². The number of amides is 1. The highest BCUT2D eigenvalue weighted by molar-refractivity contribution is 9.10.